The van der Waals surface area contributed by atoms with Gasteiger partial charge < -0.3 is 5.73 Å². The Balaban J connectivity index is 2.81. The number of halogens is 1. The van der Waals surface area contributed by atoms with Gasteiger partial charge in [0.2, 0.25) is 0 Å². The van der Waals surface area contributed by atoms with Crippen molar-refractivity contribution in [3.05, 3.63) is 35.0 Å². The highest BCUT2D eigenvalue weighted by molar-refractivity contribution is 6.33. The lowest BCUT2D eigenvalue weighted by Crippen LogP contribution is -1.88. The number of nitrogen functional groups attached to an aromatic ring is 1. The van der Waals surface area contributed by atoms with Crippen molar-refractivity contribution in [2.45, 2.75) is 6.92 Å². The second-order valence-electron chi connectivity index (χ2n) is 3.08. The summed E-state index contributed by atoms with van der Waals surface area (Å²) >= 11 is 5.89. The van der Waals surface area contributed by atoms with Gasteiger partial charge in [-0.15, -0.1) is 0 Å². The molecule has 0 spiro atoms. The highest BCUT2D eigenvalue weighted by Crippen LogP contribution is 2.24. The van der Waals surface area contributed by atoms with E-state index in [9.17, 15) is 0 Å². The van der Waals surface area contributed by atoms with Gasteiger partial charge in [0, 0.05) is 11.6 Å². The van der Waals surface area contributed by atoms with Crippen LogP contribution in [0.5, 0.6) is 0 Å². The summed E-state index contributed by atoms with van der Waals surface area (Å²) < 4.78 is 0. The zero-order valence-electron chi connectivity index (χ0n) is 7.21. The minimum Gasteiger partial charge on any atom is -0.397 e. The number of anilines is 1. The third-order valence-electron chi connectivity index (χ3n) is 1.94. The van der Waals surface area contributed by atoms with E-state index in [0.717, 1.165) is 16.5 Å². The van der Waals surface area contributed by atoms with Crippen LogP contribution >= 0.6 is 11.6 Å². The molecule has 2 N–H and O–H groups in total. The molecule has 0 aliphatic heterocycles. The van der Waals surface area contributed by atoms with Crippen molar-refractivity contribution in [2.75, 3.05) is 5.73 Å². The molecule has 0 fully saturated rings. The fraction of sp³-hybridized carbons (Fsp3) is 0.100. The molecule has 1 aromatic heterocycles. The fourth-order valence-electron chi connectivity index (χ4n) is 1.27. The topological polar surface area (TPSA) is 38.9 Å². The maximum atomic E-state index is 5.89. The maximum Gasteiger partial charge on any atom is 0.0723 e. The monoisotopic (exact) mass is 192 g/mol. The quantitative estimate of drug-likeness (QED) is 0.652. The standard InChI is InChI=1S/C10H9ClN2/c1-6-2-7-3-8(11)9(12)4-10(7)13-5-6/h2-5H,12H2,1H3. The second kappa shape index (κ2) is 2.89. The van der Waals surface area contributed by atoms with Crippen LogP contribution in [-0.2, 0) is 0 Å². The van der Waals surface area contributed by atoms with Crippen molar-refractivity contribution in [3.63, 3.8) is 0 Å². The first-order valence-electron chi connectivity index (χ1n) is 3.98. The van der Waals surface area contributed by atoms with E-state index in [-0.39, 0.29) is 0 Å². The van der Waals surface area contributed by atoms with Crippen LogP contribution < -0.4 is 5.73 Å². The van der Waals surface area contributed by atoms with Gasteiger partial charge >= 0.3 is 0 Å². The molecule has 1 aromatic carbocycles. The Morgan fingerprint density at radius 1 is 1.31 bits per heavy atom. The Labute approximate surface area is 81.3 Å². The predicted molar refractivity (Wildman–Crippen MR) is 55.9 cm³/mol. The molecule has 0 atom stereocenters. The summed E-state index contributed by atoms with van der Waals surface area (Å²) in [5.41, 5.74) is 8.23. The van der Waals surface area contributed by atoms with Crippen LogP contribution in [0.15, 0.2) is 24.4 Å². The fourth-order valence-corrected chi connectivity index (χ4v) is 1.45. The summed E-state index contributed by atoms with van der Waals surface area (Å²) in [4.78, 5) is 4.24. The summed E-state index contributed by atoms with van der Waals surface area (Å²) in [7, 11) is 0. The van der Waals surface area contributed by atoms with E-state index in [2.05, 4.69) is 4.98 Å². The molecule has 3 heteroatoms. The third-order valence-corrected chi connectivity index (χ3v) is 2.26. The number of hydrogen-bond acceptors (Lipinski definition) is 2. The van der Waals surface area contributed by atoms with Gasteiger partial charge in [-0.25, -0.2) is 0 Å². The minimum absolute atomic E-state index is 0.575. The molecule has 13 heavy (non-hydrogen) atoms. The van der Waals surface area contributed by atoms with Crippen molar-refractivity contribution in [3.8, 4) is 0 Å². The molecule has 0 saturated heterocycles. The number of fused-ring (bicyclic) bond motifs is 1. The average molecular weight is 193 g/mol. The lowest BCUT2D eigenvalue weighted by molar-refractivity contribution is 1.33. The lowest BCUT2D eigenvalue weighted by Gasteiger charge is -2.01. The van der Waals surface area contributed by atoms with Gasteiger partial charge in [-0.1, -0.05) is 11.6 Å². The van der Waals surface area contributed by atoms with Gasteiger partial charge in [-0.3, -0.25) is 4.98 Å². The van der Waals surface area contributed by atoms with E-state index < -0.39 is 0 Å². The van der Waals surface area contributed by atoms with E-state index in [4.69, 9.17) is 17.3 Å². The molecule has 0 saturated carbocycles. The number of nitrogens with zero attached hydrogens (tertiary/aromatic N) is 1. The van der Waals surface area contributed by atoms with Crippen LogP contribution in [0, 0.1) is 6.92 Å². The van der Waals surface area contributed by atoms with Crippen LogP contribution in [-0.4, -0.2) is 4.98 Å². The van der Waals surface area contributed by atoms with Crippen molar-refractivity contribution in [1.29, 1.82) is 0 Å². The molecule has 0 unspecified atom stereocenters. The van der Waals surface area contributed by atoms with Gasteiger partial charge in [-0.05, 0) is 30.7 Å². The molecule has 1 heterocycles. The Morgan fingerprint density at radius 2 is 2.08 bits per heavy atom. The van der Waals surface area contributed by atoms with Gasteiger partial charge in [0.25, 0.3) is 0 Å². The van der Waals surface area contributed by atoms with E-state index in [1.54, 1.807) is 6.07 Å². The lowest BCUT2D eigenvalue weighted by atomic mass is 10.1. The molecule has 0 radical (unpaired) electrons. The Morgan fingerprint density at radius 3 is 2.85 bits per heavy atom. The van der Waals surface area contributed by atoms with E-state index in [1.807, 2.05) is 25.3 Å². The third kappa shape index (κ3) is 1.45. The normalized spacial score (nSPS) is 10.6. The maximum absolute atomic E-state index is 5.89. The highest BCUT2D eigenvalue weighted by atomic mass is 35.5. The van der Waals surface area contributed by atoms with Gasteiger partial charge in [0.05, 0.1) is 16.2 Å². The predicted octanol–water partition coefficient (Wildman–Crippen LogP) is 2.78. The van der Waals surface area contributed by atoms with E-state index >= 15 is 0 Å². The molecule has 0 bridgehead atoms. The summed E-state index contributed by atoms with van der Waals surface area (Å²) in [6.45, 7) is 2.00. The zero-order valence-corrected chi connectivity index (χ0v) is 7.97. The number of aromatic nitrogens is 1. The van der Waals surface area contributed by atoms with Gasteiger partial charge in [-0.2, -0.15) is 0 Å². The number of aryl methyl sites for hydroxylation is 1. The summed E-state index contributed by atoms with van der Waals surface area (Å²) in [6, 6.07) is 5.66. The van der Waals surface area contributed by atoms with Crippen LogP contribution in [0.2, 0.25) is 5.02 Å². The number of rotatable bonds is 0. The summed E-state index contributed by atoms with van der Waals surface area (Å²) in [5, 5.41) is 1.61. The molecule has 2 nitrogen and oxygen atoms in total. The van der Waals surface area contributed by atoms with Crippen molar-refractivity contribution >= 4 is 28.2 Å². The molecule has 2 rings (SSSR count). The molecular weight excluding hydrogens is 184 g/mol. The SMILES string of the molecule is Cc1cnc2cc(N)c(Cl)cc2c1. The number of benzene rings is 1. The Bertz CT molecular complexity index is 466. The minimum atomic E-state index is 0.575. The van der Waals surface area contributed by atoms with Crippen LogP contribution in [0.3, 0.4) is 0 Å². The number of hydrogen-bond donors (Lipinski definition) is 1. The molecule has 0 amide bonds. The van der Waals surface area contributed by atoms with Crippen molar-refractivity contribution < 1.29 is 0 Å². The molecule has 0 aliphatic carbocycles. The highest BCUT2D eigenvalue weighted by Gasteiger charge is 2.00. The summed E-state index contributed by atoms with van der Waals surface area (Å²) in [6.07, 6.45) is 1.82. The van der Waals surface area contributed by atoms with E-state index in [1.165, 1.54) is 0 Å². The number of nitrogens with two attached hydrogens (primary N) is 1. The van der Waals surface area contributed by atoms with E-state index in [0.29, 0.717) is 10.7 Å². The van der Waals surface area contributed by atoms with Crippen molar-refractivity contribution in [2.24, 2.45) is 0 Å². The smallest absolute Gasteiger partial charge is 0.0723 e. The van der Waals surface area contributed by atoms with Crippen LogP contribution in [0.1, 0.15) is 5.56 Å². The van der Waals surface area contributed by atoms with Crippen molar-refractivity contribution in [1.82, 2.24) is 4.98 Å². The van der Waals surface area contributed by atoms with Crippen LogP contribution in [0.25, 0.3) is 10.9 Å². The first kappa shape index (κ1) is 8.32. The van der Waals surface area contributed by atoms with Gasteiger partial charge in [0.1, 0.15) is 0 Å². The molecule has 2 aromatic rings. The number of pyridine rings is 1. The van der Waals surface area contributed by atoms with Crippen LogP contribution in [0.4, 0.5) is 5.69 Å². The average Bonchev–Trinajstić information content (AvgIpc) is 2.08. The first-order valence-corrected chi connectivity index (χ1v) is 4.36. The molecule has 0 aliphatic rings. The molecular formula is C10H9ClN2. The first-order chi connectivity index (χ1) is 6.16. The Hall–Kier alpha value is -1.28. The second-order valence-corrected chi connectivity index (χ2v) is 3.49. The zero-order chi connectivity index (χ0) is 9.42. The Kier molecular flexibility index (Phi) is 1.85. The molecule has 66 valence electrons. The largest absolute Gasteiger partial charge is 0.397 e. The summed E-state index contributed by atoms with van der Waals surface area (Å²) in [5.74, 6) is 0. The van der Waals surface area contributed by atoms with Gasteiger partial charge in [0.15, 0.2) is 0 Å².